The number of benzene rings is 1. The molecule has 1 amide bonds. The Kier molecular flexibility index (Phi) is 103. The Morgan fingerprint density at radius 2 is 0.400 bits per heavy atom. The van der Waals surface area contributed by atoms with Crippen molar-refractivity contribution < 1.29 is 185 Å². The number of hydrogen-bond acceptors (Lipinski definition) is 40. The Labute approximate surface area is 739 Å². The monoisotopic (exact) mass is 1820 g/mol. The number of esters is 1. The molecular formula is C82H154N4O39. The molecule has 736 valence electrons. The third kappa shape index (κ3) is 102. The van der Waals surface area contributed by atoms with Crippen LogP contribution in [0.25, 0.3) is 10.4 Å². The number of ether oxygens (including phenoxy) is 37. The molecule has 1 atom stereocenters. The van der Waals surface area contributed by atoms with Gasteiger partial charge in [0.15, 0.2) is 6.04 Å². The normalized spacial score (nSPS) is 11.8. The van der Waals surface area contributed by atoms with Gasteiger partial charge in [-0.1, -0.05) is 35.4 Å². The number of nitrogens with zero attached hydrogens (tertiary/aromatic N) is 3. The molecule has 0 saturated carbocycles. The van der Waals surface area contributed by atoms with Gasteiger partial charge < -0.3 is 181 Å². The lowest BCUT2D eigenvalue weighted by atomic mass is 10.2. The van der Waals surface area contributed by atoms with Crippen LogP contribution in [0, 0.1) is 0 Å². The molecule has 0 aliphatic carbocycles. The predicted octanol–water partition coefficient (Wildman–Crippen LogP) is 2.35. The molecule has 0 heterocycles. The van der Waals surface area contributed by atoms with E-state index in [9.17, 15) is 9.59 Å². The molecule has 43 nitrogen and oxygen atoms in total. The lowest BCUT2D eigenvalue weighted by molar-refractivity contribution is -0.144. The number of carbonyl (C=O) groups excluding carboxylic acids is 2. The number of methoxy groups -OCH3 is 1. The van der Waals surface area contributed by atoms with Crippen molar-refractivity contribution in [2.24, 2.45) is 5.11 Å². The summed E-state index contributed by atoms with van der Waals surface area (Å²) in [6, 6.07) is 8.17. The van der Waals surface area contributed by atoms with Crippen LogP contribution in [-0.2, 0) is 187 Å². The largest absolute Gasteiger partial charge is 0.467 e. The standard InChI is InChI=1S/C82H154N4O39/c1-89-81(87)80(85-82(88)125-77-79-5-3-2-4-6-79)78-124-76-75-123-74-73-122-72-71-121-70-69-120-68-67-119-66-65-118-64-63-117-62-61-116-60-59-115-58-57-114-56-55-113-54-53-112-52-51-111-50-49-110-48-47-109-46-45-108-44-43-107-42-41-106-40-39-105-38-37-104-36-35-103-34-33-102-32-31-101-30-29-100-28-27-99-26-25-98-24-23-97-22-21-96-20-19-95-18-17-94-16-15-93-14-13-92-12-11-91-10-9-90-8-7-84-86-83/h2-6,80H,7-78H2,1H3,(H,85,88)/t80-/m0/s1. The summed E-state index contributed by atoms with van der Waals surface area (Å²) in [6.07, 6.45) is -0.755. The Hall–Kier alpha value is -4.13. The predicted molar refractivity (Wildman–Crippen MR) is 448 cm³/mol. The molecule has 0 saturated heterocycles. The average molecular weight is 1820 g/mol. The molecule has 0 aliphatic rings. The van der Waals surface area contributed by atoms with Crippen molar-refractivity contribution in [3.8, 4) is 0 Å². The molecule has 0 unspecified atom stereocenters. The van der Waals surface area contributed by atoms with Crippen LogP contribution < -0.4 is 5.32 Å². The summed E-state index contributed by atoms with van der Waals surface area (Å²) < 4.78 is 203. The summed E-state index contributed by atoms with van der Waals surface area (Å²) in [7, 11) is 1.23. The first-order valence-corrected chi connectivity index (χ1v) is 43.4. The quantitative estimate of drug-likeness (QED) is 0.0321. The molecule has 125 heavy (non-hydrogen) atoms. The molecule has 0 aromatic heterocycles. The summed E-state index contributed by atoms with van der Waals surface area (Å²) >= 11 is 0. The molecular weight excluding hydrogens is 1660 g/mol. The minimum atomic E-state index is -1.02. The van der Waals surface area contributed by atoms with Gasteiger partial charge in [-0.2, -0.15) is 0 Å². The van der Waals surface area contributed by atoms with E-state index < -0.39 is 18.1 Å². The van der Waals surface area contributed by atoms with Crippen LogP contribution in [0.4, 0.5) is 4.79 Å². The Balaban J connectivity index is 1.60. The summed E-state index contributed by atoms with van der Waals surface area (Å²) in [5.41, 5.74) is 9.00. The number of carbonyl (C=O) groups is 2. The summed E-state index contributed by atoms with van der Waals surface area (Å²) in [4.78, 5) is 26.8. The first kappa shape index (κ1) is 119. The molecule has 1 aromatic rings. The smallest absolute Gasteiger partial charge is 0.408 e. The maximum atomic E-state index is 12.1. The third-order valence-electron chi connectivity index (χ3n) is 15.3. The fourth-order valence-corrected chi connectivity index (χ4v) is 9.05. The van der Waals surface area contributed by atoms with Gasteiger partial charge in [0.2, 0.25) is 0 Å². The fourth-order valence-electron chi connectivity index (χ4n) is 9.05. The van der Waals surface area contributed by atoms with Gasteiger partial charge in [0.05, 0.1) is 470 Å². The van der Waals surface area contributed by atoms with Gasteiger partial charge in [0.25, 0.3) is 0 Å². The molecule has 0 aliphatic heterocycles. The molecule has 1 rings (SSSR count). The van der Waals surface area contributed by atoms with Crippen LogP contribution in [0.2, 0.25) is 0 Å². The average Bonchev–Trinajstić information content (AvgIpc) is 0.916. The first-order chi connectivity index (χ1) is 62.2. The van der Waals surface area contributed by atoms with Gasteiger partial charge in [-0.3, -0.25) is 0 Å². The Bertz CT molecular complexity index is 2270. The minimum Gasteiger partial charge on any atom is -0.467 e. The first-order valence-electron chi connectivity index (χ1n) is 43.4. The minimum absolute atomic E-state index is 0.0681. The van der Waals surface area contributed by atoms with E-state index >= 15 is 0 Å². The van der Waals surface area contributed by atoms with Crippen LogP contribution in [0.3, 0.4) is 0 Å². The van der Waals surface area contributed by atoms with Gasteiger partial charge >= 0.3 is 12.1 Å². The van der Waals surface area contributed by atoms with Crippen LogP contribution in [-0.4, -0.2) is 494 Å². The lowest BCUT2D eigenvalue weighted by Gasteiger charge is -2.16. The van der Waals surface area contributed by atoms with E-state index in [1.165, 1.54) is 7.11 Å². The molecule has 43 heteroatoms. The van der Waals surface area contributed by atoms with Gasteiger partial charge in [0.1, 0.15) is 6.61 Å². The molecule has 0 radical (unpaired) electrons. The molecule has 0 fully saturated rings. The van der Waals surface area contributed by atoms with E-state index in [1.54, 1.807) is 0 Å². The highest BCUT2D eigenvalue weighted by molar-refractivity contribution is 5.81. The van der Waals surface area contributed by atoms with E-state index in [4.69, 9.17) is 181 Å². The van der Waals surface area contributed by atoms with E-state index in [1.807, 2.05) is 30.3 Å². The van der Waals surface area contributed by atoms with E-state index in [0.717, 1.165) is 5.56 Å². The summed E-state index contributed by atoms with van der Waals surface area (Å²) in [6.45, 7) is 31.8. The Morgan fingerprint density at radius 1 is 0.248 bits per heavy atom. The third-order valence-corrected chi connectivity index (χ3v) is 15.3. The number of alkyl carbamates (subject to hydrolysis) is 1. The maximum Gasteiger partial charge on any atom is 0.408 e. The second-order valence-corrected chi connectivity index (χ2v) is 25.1. The van der Waals surface area contributed by atoms with Crippen molar-refractivity contribution in [3.05, 3.63) is 46.3 Å². The van der Waals surface area contributed by atoms with E-state index in [0.29, 0.717) is 449 Å². The van der Waals surface area contributed by atoms with Crippen LogP contribution in [0.15, 0.2) is 35.4 Å². The van der Waals surface area contributed by atoms with Crippen molar-refractivity contribution >= 4 is 12.1 Å². The maximum absolute atomic E-state index is 12.1. The lowest BCUT2D eigenvalue weighted by Crippen LogP contribution is -2.45. The zero-order chi connectivity index (χ0) is 89.0. The van der Waals surface area contributed by atoms with Gasteiger partial charge in [0, 0.05) is 11.5 Å². The number of hydrogen-bond donors (Lipinski definition) is 1. The summed E-state index contributed by atoms with van der Waals surface area (Å²) in [5, 5.41) is 5.84. The van der Waals surface area contributed by atoms with Crippen molar-refractivity contribution in [3.63, 3.8) is 0 Å². The van der Waals surface area contributed by atoms with Crippen molar-refractivity contribution in [1.82, 2.24) is 5.32 Å². The number of azide groups is 1. The zero-order valence-electron chi connectivity index (χ0n) is 74.6. The fraction of sp³-hybridized carbons (Fsp3) is 0.902. The number of amides is 1. The number of rotatable bonds is 111. The van der Waals surface area contributed by atoms with Gasteiger partial charge in [-0.05, 0) is 11.1 Å². The second-order valence-electron chi connectivity index (χ2n) is 25.1. The van der Waals surface area contributed by atoms with Crippen molar-refractivity contribution in [2.75, 3.05) is 476 Å². The topological polar surface area (TPSA) is 436 Å². The van der Waals surface area contributed by atoms with Crippen molar-refractivity contribution in [1.29, 1.82) is 0 Å². The van der Waals surface area contributed by atoms with Crippen LogP contribution in [0.5, 0.6) is 0 Å². The SMILES string of the molecule is COC(=O)[C@H](COCCOCCOCCOCCOCCOCCOCCOCCOCCOCCOCCOCCOCCOCCOCCOCCOCCOCCOCCOCCOCCOCCOCCOCCOCCOCCOCCOCCOCCOCCOCCOCCOCCOCCOCCN=[N+]=[N-])NC(=O)OCc1ccccc1. The van der Waals surface area contributed by atoms with Crippen LogP contribution in [0.1, 0.15) is 5.56 Å². The second kappa shape index (κ2) is 109. The van der Waals surface area contributed by atoms with Crippen LogP contribution >= 0.6 is 0 Å². The number of nitrogens with one attached hydrogen (secondary N) is 1. The molecule has 0 spiro atoms. The molecule has 1 N–H and O–H groups in total. The highest BCUT2D eigenvalue weighted by Gasteiger charge is 2.23. The Morgan fingerprint density at radius 3 is 0.552 bits per heavy atom. The molecule has 1 aromatic carbocycles. The van der Waals surface area contributed by atoms with Gasteiger partial charge in [-0.15, -0.1) is 0 Å². The molecule has 0 bridgehead atoms. The highest BCUT2D eigenvalue weighted by Crippen LogP contribution is 2.03. The van der Waals surface area contributed by atoms with Gasteiger partial charge in [-0.25, -0.2) is 9.59 Å². The zero-order valence-corrected chi connectivity index (χ0v) is 74.6. The van der Waals surface area contributed by atoms with Crippen molar-refractivity contribution in [2.45, 2.75) is 12.6 Å². The summed E-state index contributed by atoms with van der Waals surface area (Å²) in [5.74, 6) is -0.649. The van der Waals surface area contributed by atoms with E-state index in [2.05, 4.69) is 15.3 Å². The van der Waals surface area contributed by atoms with E-state index in [-0.39, 0.29) is 26.4 Å². The highest BCUT2D eigenvalue weighted by atomic mass is 16.6.